The molecule has 0 saturated heterocycles. The van der Waals surface area contributed by atoms with Gasteiger partial charge in [-0.05, 0) is 26.0 Å². The molecular weight excluding hydrogens is 206 g/mol. The summed E-state index contributed by atoms with van der Waals surface area (Å²) in [6.45, 7) is 5.80. The zero-order valence-corrected chi connectivity index (χ0v) is 10.2. The summed E-state index contributed by atoms with van der Waals surface area (Å²) in [5, 5.41) is 3.30. The van der Waals surface area contributed by atoms with Crippen LogP contribution in [0.3, 0.4) is 0 Å². The van der Waals surface area contributed by atoms with Crippen LogP contribution in [0.15, 0.2) is 22.8 Å². The molecule has 0 aromatic carbocycles. The summed E-state index contributed by atoms with van der Waals surface area (Å²) in [5.74, 6) is 0.484. The Kier molecular flexibility index (Phi) is 4.55. The highest BCUT2D eigenvalue weighted by Crippen LogP contribution is 2.15. The van der Waals surface area contributed by atoms with Gasteiger partial charge in [-0.15, -0.1) is 0 Å². The molecule has 4 nitrogen and oxygen atoms in total. The maximum atomic E-state index is 11.3. The van der Waals surface area contributed by atoms with Gasteiger partial charge in [0.2, 0.25) is 0 Å². The highest BCUT2D eigenvalue weighted by molar-refractivity contribution is 5.72. The van der Waals surface area contributed by atoms with Crippen LogP contribution in [0.1, 0.15) is 32.6 Å². The second-order valence-electron chi connectivity index (χ2n) is 4.00. The van der Waals surface area contributed by atoms with Gasteiger partial charge in [0.15, 0.2) is 0 Å². The molecule has 2 unspecified atom stereocenters. The maximum absolute atomic E-state index is 11.3. The largest absolute Gasteiger partial charge is 0.469 e. The van der Waals surface area contributed by atoms with Crippen LogP contribution in [0.5, 0.6) is 0 Å². The number of hydrogen-bond acceptors (Lipinski definition) is 4. The maximum Gasteiger partial charge on any atom is 0.309 e. The lowest BCUT2D eigenvalue weighted by molar-refractivity contribution is -0.145. The van der Waals surface area contributed by atoms with Crippen molar-refractivity contribution in [3.8, 4) is 0 Å². The molecule has 1 N–H and O–H groups in total. The SMILES string of the molecule is COC(=O)C(C)C(C)N[C@H](C)c1ccco1. The van der Waals surface area contributed by atoms with Gasteiger partial charge in [0, 0.05) is 6.04 Å². The van der Waals surface area contributed by atoms with E-state index in [1.165, 1.54) is 7.11 Å². The van der Waals surface area contributed by atoms with E-state index in [0.717, 1.165) is 5.76 Å². The number of ether oxygens (including phenoxy) is 1. The van der Waals surface area contributed by atoms with Crippen LogP contribution in [0.25, 0.3) is 0 Å². The van der Waals surface area contributed by atoms with Crippen molar-refractivity contribution >= 4 is 5.97 Å². The van der Waals surface area contributed by atoms with E-state index in [9.17, 15) is 4.79 Å². The Morgan fingerprint density at radius 1 is 1.44 bits per heavy atom. The average Bonchev–Trinajstić information content (AvgIpc) is 2.80. The predicted octanol–water partition coefficient (Wildman–Crippen LogP) is 2.13. The fourth-order valence-electron chi connectivity index (χ4n) is 1.55. The lowest BCUT2D eigenvalue weighted by Crippen LogP contribution is -2.38. The van der Waals surface area contributed by atoms with Crippen molar-refractivity contribution in [1.82, 2.24) is 5.32 Å². The van der Waals surface area contributed by atoms with Crippen molar-refractivity contribution < 1.29 is 13.9 Å². The molecule has 1 aromatic heterocycles. The molecule has 0 bridgehead atoms. The van der Waals surface area contributed by atoms with Gasteiger partial charge in [-0.3, -0.25) is 4.79 Å². The van der Waals surface area contributed by atoms with Gasteiger partial charge >= 0.3 is 5.97 Å². The van der Waals surface area contributed by atoms with Crippen LogP contribution in [0.4, 0.5) is 0 Å². The highest BCUT2D eigenvalue weighted by atomic mass is 16.5. The standard InChI is InChI=1S/C12H19NO3/c1-8(12(14)15-4)9(2)13-10(3)11-6-5-7-16-11/h5-10,13H,1-4H3/t8?,9?,10-/m1/s1. The number of furan rings is 1. The van der Waals surface area contributed by atoms with Crippen molar-refractivity contribution in [2.75, 3.05) is 7.11 Å². The third-order valence-electron chi connectivity index (χ3n) is 2.81. The molecule has 1 aromatic rings. The molecule has 0 fully saturated rings. The molecule has 0 aliphatic rings. The number of methoxy groups -OCH3 is 1. The molecule has 16 heavy (non-hydrogen) atoms. The molecule has 3 atom stereocenters. The third kappa shape index (κ3) is 3.10. The van der Waals surface area contributed by atoms with Crippen molar-refractivity contribution in [2.24, 2.45) is 5.92 Å². The quantitative estimate of drug-likeness (QED) is 0.780. The molecule has 0 spiro atoms. The van der Waals surface area contributed by atoms with Crippen molar-refractivity contribution in [3.63, 3.8) is 0 Å². The summed E-state index contributed by atoms with van der Waals surface area (Å²) in [6.07, 6.45) is 1.64. The van der Waals surface area contributed by atoms with Crippen molar-refractivity contribution in [1.29, 1.82) is 0 Å². The van der Waals surface area contributed by atoms with E-state index < -0.39 is 0 Å². The van der Waals surface area contributed by atoms with Gasteiger partial charge in [0.1, 0.15) is 5.76 Å². The molecular formula is C12H19NO3. The van der Waals surface area contributed by atoms with Gasteiger partial charge < -0.3 is 14.5 Å². The fraction of sp³-hybridized carbons (Fsp3) is 0.583. The van der Waals surface area contributed by atoms with E-state index in [2.05, 4.69) is 5.32 Å². The molecule has 1 heterocycles. The molecule has 0 aliphatic heterocycles. The lowest BCUT2D eigenvalue weighted by atomic mass is 10.0. The summed E-state index contributed by atoms with van der Waals surface area (Å²) in [7, 11) is 1.40. The summed E-state index contributed by atoms with van der Waals surface area (Å²) in [5.41, 5.74) is 0. The van der Waals surface area contributed by atoms with Gasteiger partial charge in [-0.2, -0.15) is 0 Å². The number of esters is 1. The van der Waals surface area contributed by atoms with Crippen LogP contribution in [-0.2, 0) is 9.53 Å². The first kappa shape index (κ1) is 12.8. The van der Waals surface area contributed by atoms with E-state index >= 15 is 0 Å². The number of hydrogen-bond donors (Lipinski definition) is 1. The minimum atomic E-state index is -0.202. The van der Waals surface area contributed by atoms with Crippen molar-refractivity contribution in [2.45, 2.75) is 32.9 Å². The van der Waals surface area contributed by atoms with E-state index in [4.69, 9.17) is 9.15 Å². The second-order valence-corrected chi connectivity index (χ2v) is 4.00. The Morgan fingerprint density at radius 3 is 2.62 bits per heavy atom. The van der Waals surface area contributed by atoms with E-state index in [1.807, 2.05) is 32.9 Å². The lowest BCUT2D eigenvalue weighted by Gasteiger charge is -2.22. The second kappa shape index (κ2) is 5.70. The first-order valence-electron chi connectivity index (χ1n) is 5.43. The predicted molar refractivity (Wildman–Crippen MR) is 60.9 cm³/mol. The topological polar surface area (TPSA) is 51.5 Å². The van der Waals surface area contributed by atoms with E-state index in [1.54, 1.807) is 6.26 Å². The minimum Gasteiger partial charge on any atom is -0.469 e. The Morgan fingerprint density at radius 2 is 2.12 bits per heavy atom. The number of carbonyl (C=O) groups is 1. The third-order valence-corrected chi connectivity index (χ3v) is 2.81. The highest BCUT2D eigenvalue weighted by Gasteiger charge is 2.22. The van der Waals surface area contributed by atoms with Gasteiger partial charge in [0.05, 0.1) is 25.3 Å². The smallest absolute Gasteiger partial charge is 0.309 e. The Bertz CT molecular complexity index is 321. The number of carbonyl (C=O) groups excluding carboxylic acids is 1. The first-order chi connectivity index (χ1) is 7.56. The molecule has 1 rings (SSSR count). The molecule has 0 aliphatic carbocycles. The van der Waals surface area contributed by atoms with Gasteiger partial charge in [-0.25, -0.2) is 0 Å². The Hall–Kier alpha value is -1.29. The molecule has 90 valence electrons. The van der Waals surface area contributed by atoms with Crippen LogP contribution in [-0.4, -0.2) is 19.1 Å². The monoisotopic (exact) mass is 225 g/mol. The normalized spacial score (nSPS) is 16.5. The molecule has 0 amide bonds. The Labute approximate surface area is 96.0 Å². The van der Waals surface area contributed by atoms with Crippen LogP contribution < -0.4 is 5.32 Å². The van der Waals surface area contributed by atoms with Gasteiger partial charge in [0.25, 0.3) is 0 Å². The number of rotatable bonds is 5. The van der Waals surface area contributed by atoms with Crippen LogP contribution >= 0.6 is 0 Å². The zero-order valence-electron chi connectivity index (χ0n) is 10.2. The van der Waals surface area contributed by atoms with Gasteiger partial charge in [-0.1, -0.05) is 6.92 Å². The molecule has 0 saturated carbocycles. The van der Waals surface area contributed by atoms with Crippen LogP contribution in [0, 0.1) is 5.92 Å². The summed E-state index contributed by atoms with van der Waals surface area (Å²) < 4.78 is 9.99. The summed E-state index contributed by atoms with van der Waals surface area (Å²) in [6, 6.07) is 3.87. The van der Waals surface area contributed by atoms with Crippen LogP contribution in [0.2, 0.25) is 0 Å². The zero-order chi connectivity index (χ0) is 12.1. The average molecular weight is 225 g/mol. The Balaban J connectivity index is 2.51. The minimum absolute atomic E-state index is 0.0348. The first-order valence-corrected chi connectivity index (χ1v) is 5.43. The molecule has 0 radical (unpaired) electrons. The van der Waals surface area contributed by atoms with E-state index in [0.29, 0.717) is 0 Å². The fourth-order valence-corrected chi connectivity index (χ4v) is 1.55. The summed E-state index contributed by atoms with van der Waals surface area (Å²) >= 11 is 0. The number of nitrogens with one attached hydrogen (secondary N) is 1. The van der Waals surface area contributed by atoms with Crippen molar-refractivity contribution in [3.05, 3.63) is 24.2 Å². The van der Waals surface area contributed by atoms with E-state index in [-0.39, 0.29) is 24.0 Å². The summed E-state index contributed by atoms with van der Waals surface area (Å²) in [4.78, 5) is 11.3. The molecule has 4 heteroatoms.